The van der Waals surface area contributed by atoms with Crippen LogP contribution in [0.2, 0.25) is 0 Å². The number of amides is 1. The largest absolute Gasteiger partial charge is 0.471 e. The van der Waals surface area contributed by atoms with Gasteiger partial charge in [0.2, 0.25) is 0 Å². The number of nitrogens with one attached hydrogen (secondary N) is 1. The van der Waals surface area contributed by atoms with E-state index < -0.39 is 49.3 Å². The van der Waals surface area contributed by atoms with Gasteiger partial charge in [-0.1, -0.05) is 45.1 Å². The lowest BCUT2D eigenvalue weighted by Gasteiger charge is -2.44. The van der Waals surface area contributed by atoms with Crippen molar-refractivity contribution >= 4 is 5.91 Å². The molecule has 0 aliphatic carbocycles. The number of halogens is 3. The molecule has 0 bridgehead atoms. The highest BCUT2D eigenvalue weighted by molar-refractivity contribution is 5.82. The summed E-state index contributed by atoms with van der Waals surface area (Å²) in [6, 6.07) is -1.47. The van der Waals surface area contributed by atoms with E-state index in [-0.39, 0.29) is 19.3 Å². The fraction of sp³-hybridized carbons (Fsp3) is 0.864. The van der Waals surface area contributed by atoms with Crippen molar-refractivity contribution in [1.29, 1.82) is 0 Å². The Kier molecular flexibility index (Phi) is 14.1. The predicted molar refractivity (Wildman–Crippen MR) is 114 cm³/mol. The first kappa shape index (κ1) is 29.8. The SMILES string of the molecule is C=CCO[C@@H]1O[C@H](CO)[C@@H](O)[C@H](OCC[C@@H](CCCCCCC)OC)[C@H]1NC(=O)C(F)(F)F. The van der Waals surface area contributed by atoms with Crippen molar-refractivity contribution < 1.29 is 47.1 Å². The maximum atomic E-state index is 12.9. The van der Waals surface area contributed by atoms with E-state index >= 15 is 0 Å². The summed E-state index contributed by atoms with van der Waals surface area (Å²) in [6.07, 6.45) is -2.50. The minimum absolute atomic E-state index is 0.0555. The van der Waals surface area contributed by atoms with Crippen LogP contribution in [-0.4, -0.2) is 86.0 Å². The van der Waals surface area contributed by atoms with Crippen LogP contribution in [0, 0.1) is 0 Å². The van der Waals surface area contributed by atoms with Gasteiger partial charge in [-0.25, -0.2) is 0 Å². The number of aliphatic hydroxyl groups is 2. The second-order valence-corrected chi connectivity index (χ2v) is 8.02. The lowest BCUT2D eigenvalue weighted by Crippen LogP contribution is -2.66. The zero-order valence-corrected chi connectivity index (χ0v) is 19.4. The topological polar surface area (TPSA) is 106 Å². The maximum Gasteiger partial charge on any atom is 0.471 e. The summed E-state index contributed by atoms with van der Waals surface area (Å²) < 4.78 is 60.6. The minimum atomic E-state index is -5.15. The highest BCUT2D eigenvalue weighted by Crippen LogP contribution is 2.26. The van der Waals surface area contributed by atoms with Crippen LogP contribution in [-0.2, 0) is 23.7 Å². The highest BCUT2D eigenvalue weighted by atomic mass is 19.4. The van der Waals surface area contributed by atoms with Crippen LogP contribution in [0.1, 0.15) is 51.9 Å². The van der Waals surface area contributed by atoms with Crippen molar-refractivity contribution in [2.24, 2.45) is 0 Å². The maximum absolute atomic E-state index is 12.9. The summed E-state index contributed by atoms with van der Waals surface area (Å²) in [6.45, 7) is 4.96. The molecule has 1 saturated heterocycles. The van der Waals surface area contributed by atoms with Crippen molar-refractivity contribution in [3.05, 3.63) is 12.7 Å². The molecule has 0 saturated carbocycles. The summed E-state index contributed by atoms with van der Waals surface area (Å²) in [5, 5.41) is 21.9. The van der Waals surface area contributed by atoms with Crippen LogP contribution < -0.4 is 5.32 Å². The Bertz CT molecular complexity index is 565. The van der Waals surface area contributed by atoms with Crippen LogP contribution in [0.5, 0.6) is 0 Å². The molecular formula is C22H38F3NO7. The molecule has 6 atom stereocenters. The van der Waals surface area contributed by atoms with Crippen LogP contribution >= 0.6 is 0 Å². The zero-order chi connectivity index (χ0) is 24.9. The normalized spacial score (nSPS) is 26.7. The van der Waals surface area contributed by atoms with Gasteiger partial charge in [-0.3, -0.25) is 4.79 Å². The molecule has 1 rings (SSSR count). The molecule has 3 N–H and O–H groups in total. The Morgan fingerprint density at radius 3 is 2.48 bits per heavy atom. The summed E-state index contributed by atoms with van der Waals surface area (Å²) in [5.74, 6) is -2.21. The van der Waals surface area contributed by atoms with Gasteiger partial charge in [-0.15, -0.1) is 6.58 Å². The van der Waals surface area contributed by atoms with Crippen molar-refractivity contribution in [1.82, 2.24) is 5.32 Å². The van der Waals surface area contributed by atoms with Gasteiger partial charge in [0.25, 0.3) is 0 Å². The van der Waals surface area contributed by atoms with E-state index in [2.05, 4.69) is 13.5 Å². The van der Waals surface area contributed by atoms with E-state index in [1.165, 1.54) is 12.5 Å². The van der Waals surface area contributed by atoms with Gasteiger partial charge in [0.15, 0.2) is 6.29 Å². The lowest BCUT2D eigenvalue weighted by molar-refractivity contribution is -0.276. The van der Waals surface area contributed by atoms with Gasteiger partial charge in [0, 0.05) is 13.7 Å². The van der Waals surface area contributed by atoms with Crippen molar-refractivity contribution in [2.75, 3.05) is 26.9 Å². The third kappa shape index (κ3) is 10.3. The fourth-order valence-electron chi connectivity index (χ4n) is 3.65. The predicted octanol–water partition coefficient (Wildman–Crippen LogP) is 2.46. The average Bonchev–Trinajstić information content (AvgIpc) is 2.78. The van der Waals surface area contributed by atoms with Crippen LogP contribution in [0.15, 0.2) is 12.7 Å². The van der Waals surface area contributed by atoms with E-state index in [4.69, 9.17) is 18.9 Å². The zero-order valence-electron chi connectivity index (χ0n) is 19.4. The number of hydrogen-bond donors (Lipinski definition) is 3. The van der Waals surface area contributed by atoms with Gasteiger partial charge in [-0.2, -0.15) is 13.2 Å². The fourth-order valence-corrected chi connectivity index (χ4v) is 3.65. The van der Waals surface area contributed by atoms with Crippen molar-refractivity contribution in [2.45, 2.75) is 94.8 Å². The molecule has 1 amide bonds. The lowest BCUT2D eigenvalue weighted by atomic mass is 9.96. The minimum Gasteiger partial charge on any atom is -0.394 e. The summed E-state index contributed by atoms with van der Waals surface area (Å²) in [4.78, 5) is 11.6. The third-order valence-electron chi connectivity index (χ3n) is 5.50. The van der Waals surface area contributed by atoms with Gasteiger partial charge in [0.1, 0.15) is 24.4 Å². The molecule has 1 heterocycles. The molecule has 11 heteroatoms. The van der Waals surface area contributed by atoms with E-state index in [9.17, 15) is 28.2 Å². The Hall–Kier alpha value is -1.24. The number of rotatable bonds is 16. The van der Waals surface area contributed by atoms with Gasteiger partial charge in [0.05, 0.1) is 19.3 Å². The summed E-state index contributed by atoms with van der Waals surface area (Å²) >= 11 is 0. The molecule has 0 aromatic rings. The number of carbonyl (C=O) groups is 1. The number of alkyl halides is 3. The number of aliphatic hydroxyl groups excluding tert-OH is 2. The number of ether oxygens (including phenoxy) is 4. The van der Waals surface area contributed by atoms with E-state index in [1.807, 2.05) is 0 Å². The Labute approximate surface area is 193 Å². The van der Waals surface area contributed by atoms with Gasteiger partial charge < -0.3 is 34.5 Å². The van der Waals surface area contributed by atoms with E-state index in [0.29, 0.717) is 6.42 Å². The molecule has 8 nitrogen and oxygen atoms in total. The van der Waals surface area contributed by atoms with E-state index in [0.717, 1.165) is 32.1 Å². The van der Waals surface area contributed by atoms with E-state index in [1.54, 1.807) is 12.4 Å². The van der Waals surface area contributed by atoms with Gasteiger partial charge in [-0.05, 0) is 12.8 Å². The quantitative estimate of drug-likeness (QED) is 0.228. The van der Waals surface area contributed by atoms with Crippen molar-refractivity contribution in [3.63, 3.8) is 0 Å². The second kappa shape index (κ2) is 15.6. The Morgan fingerprint density at radius 1 is 1.21 bits per heavy atom. The molecule has 0 spiro atoms. The van der Waals surface area contributed by atoms with Gasteiger partial charge >= 0.3 is 12.1 Å². The molecule has 1 aliphatic rings. The molecule has 0 unspecified atom stereocenters. The second-order valence-electron chi connectivity index (χ2n) is 8.02. The van der Waals surface area contributed by atoms with Crippen molar-refractivity contribution in [3.8, 4) is 0 Å². The molecule has 0 radical (unpaired) electrons. The van der Waals surface area contributed by atoms with Crippen LogP contribution in [0.3, 0.4) is 0 Å². The first-order valence-corrected chi connectivity index (χ1v) is 11.4. The number of methoxy groups -OCH3 is 1. The summed E-state index contributed by atoms with van der Waals surface area (Å²) in [7, 11) is 1.58. The third-order valence-corrected chi connectivity index (χ3v) is 5.50. The van der Waals surface area contributed by atoms with Crippen LogP contribution in [0.4, 0.5) is 13.2 Å². The molecule has 1 fully saturated rings. The molecule has 0 aromatic carbocycles. The molecular weight excluding hydrogens is 447 g/mol. The highest BCUT2D eigenvalue weighted by Gasteiger charge is 2.50. The Morgan fingerprint density at radius 2 is 1.91 bits per heavy atom. The first-order valence-electron chi connectivity index (χ1n) is 11.4. The number of carbonyl (C=O) groups excluding carboxylic acids is 1. The average molecular weight is 486 g/mol. The Balaban J connectivity index is 2.83. The summed E-state index contributed by atoms with van der Waals surface area (Å²) in [5.41, 5.74) is 0. The molecule has 33 heavy (non-hydrogen) atoms. The molecule has 1 aliphatic heterocycles. The first-order chi connectivity index (χ1) is 15.7. The number of unbranched alkanes of at least 4 members (excludes halogenated alkanes) is 4. The molecule has 0 aromatic heterocycles. The molecule has 194 valence electrons. The van der Waals surface area contributed by atoms with Crippen LogP contribution in [0.25, 0.3) is 0 Å². The number of hydrogen-bond acceptors (Lipinski definition) is 7. The smallest absolute Gasteiger partial charge is 0.394 e. The monoisotopic (exact) mass is 485 g/mol. The standard InChI is InChI=1S/C22H38F3NO7/c1-4-6-7-8-9-10-15(30-3)11-13-31-19-17(26-21(29)22(23,24)25)20(32-12-5-2)33-16(14-27)18(19)28/h5,15-20,27-28H,2,4,6-14H2,1,3H3,(H,26,29)/t15-,16-,17-,18-,19-,20-/m1/s1.